The van der Waals surface area contributed by atoms with E-state index in [2.05, 4.69) is 13.8 Å². The van der Waals surface area contributed by atoms with Crippen molar-refractivity contribution in [1.82, 2.24) is 0 Å². The molecule has 0 radical (unpaired) electrons. The highest BCUT2D eigenvalue weighted by molar-refractivity contribution is 5.71. The van der Waals surface area contributed by atoms with E-state index < -0.39 is 0 Å². The summed E-state index contributed by atoms with van der Waals surface area (Å²) in [5.41, 5.74) is 0. The van der Waals surface area contributed by atoms with E-state index in [1.807, 2.05) is 0 Å². The molecule has 0 aromatic heterocycles. The molecule has 1 heterocycles. The first kappa shape index (κ1) is 7.58. The van der Waals surface area contributed by atoms with E-state index in [1.165, 1.54) is 0 Å². The number of cyclic esters (lactones) is 1. The number of hydrogen-bond acceptors (Lipinski definition) is 2. The van der Waals surface area contributed by atoms with Crippen LogP contribution < -0.4 is 0 Å². The molecule has 1 saturated heterocycles. The van der Waals surface area contributed by atoms with Crippen molar-refractivity contribution in [2.45, 2.75) is 39.2 Å². The standard InChI is InChI=1S/C8H14O2/c1-3-4-7-6(2)5-8(9)10-7/h6-7H,3-5H2,1-2H3/t6-,7+/m0/s1. The Balaban J connectivity index is 2.38. The maximum atomic E-state index is 10.7. The Morgan fingerprint density at radius 3 is 2.80 bits per heavy atom. The Morgan fingerprint density at radius 1 is 1.70 bits per heavy atom. The highest BCUT2D eigenvalue weighted by Gasteiger charge is 2.29. The van der Waals surface area contributed by atoms with Gasteiger partial charge in [-0.25, -0.2) is 0 Å². The molecule has 1 aliphatic heterocycles. The van der Waals surface area contributed by atoms with E-state index in [4.69, 9.17) is 4.74 Å². The summed E-state index contributed by atoms with van der Waals surface area (Å²) in [6.45, 7) is 4.18. The van der Waals surface area contributed by atoms with Gasteiger partial charge in [-0.1, -0.05) is 20.3 Å². The van der Waals surface area contributed by atoms with E-state index in [1.54, 1.807) is 0 Å². The molecule has 58 valence electrons. The molecular formula is C8H14O2. The second-order valence-electron chi connectivity index (χ2n) is 3.00. The summed E-state index contributed by atoms with van der Waals surface area (Å²) < 4.78 is 5.08. The largest absolute Gasteiger partial charge is 0.462 e. The lowest BCUT2D eigenvalue weighted by molar-refractivity contribution is -0.141. The summed E-state index contributed by atoms with van der Waals surface area (Å²) in [6.07, 6.45) is 2.94. The van der Waals surface area contributed by atoms with Gasteiger partial charge in [-0.15, -0.1) is 0 Å². The van der Waals surface area contributed by atoms with E-state index >= 15 is 0 Å². The minimum Gasteiger partial charge on any atom is -0.462 e. The van der Waals surface area contributed by atoms with E-state index in [0.29, 0.717) is 12.3 Å². The topological polar surface area (TPSA) is 26.3 Å². The van der Waals surface area contributed by atoms with Crippen molar-refractivity contribution in [3.05, 3.63) is 0 Å². The molecule has 2 nitrogen and oxygen atoms in total. The Hall–Kier alpha value is -0.530. The van der Waals surface area contributed by atoms with Gasteiger partial charge in [-0.05, 0) is 6.42 Å². The van der Waals surface area contributed by atoms with Gasteiger partial charge in [-0.3, -0.25) is 4.79 Å². The first-order valence-electron chi connectivity index (χ1n) is 3.93. The Bertz CT molecular complexity index is 131. The minimum atomic E-state index is -0.0223. The van der Waals surface area contributed by atoms with E-state index in [9.17, 15) is 4.79 Å². The maximum Gasteiger partial charge on any atom is 0.306 e. The van der Waals surface area contributed by atoms with Crippen LogP contribution in [0.2, 0.25) is 0 Å². The zero-order chi connectivity index (χ0) is 7.56. The van der Waals surface area contributed by atoms with Gasteiger partial charge in [-0.2, -0.15) is 0 Å². The van der Waals surface area contributed by atoms with Crippen LogP contribution in [-0.2, 0) is 9.53 Å². The van der Waals surface area contributed by atoms with Gasteiger partial charge in [0.2, 0.25) is 0 Å². The molecule has 0 saturated carbocycles. The number of carbonyl (C=O) groups excluding carboxylic acids is 1. The zero-order valence-electron chi connectivity index (χ0n) is 6.59. The second-order valence-corrected chi connectivity index (χ2v) is 3.00. The van der Waals surface area contributed by atoms with Gasteiger partial charge in [0.25, 0.3) is 0 Å². The minimum absolute atomic E-state index is 0.0223. The van der Waals surface area contributed by atoms with Crippen LogP contribution in [0.4, 0.5) is 0 Å². The molecule has 0 unspecified atom stereocenters. The van der Waals surface area contributed by atoms with Crippen molar-refractivity contribution in [2.75, 3.05) is 0 Å². The summed E-state index contributed by atoms with van der Waals surface area (Å²) in [5.74, 6) is 0.415. The number of carbonyl (C=O) groups is 1. The number of esters is 1. The highest BCUT2D eigenvalue weighted by Crippen LogP contribution is 2.24. The van der Waals surface area contributed by atoms with Gasteiger partial charge < -0.3 is 4.74 Å². The maximum absolute atomic E-state index is 10.7. The van der Waals surface area contributed by atoms with E-state index in [-0.39, 0.29) is 12.1 Å². The average Bonchev–Trinajstić information content (AvgIpc) is 2.13. The Morgan fingerprint density at radius 2 is 2.40 bits per heavy atom. The van der Waals surface area contributed by atoms with Gasteiger partial charge in [0, 0.05) is 5.92 Å². The molecule has 1 fully saturated rings. The van der Waals surface area contributed by atoms with Crippen LogP contribution >= 0.6 is 0 Å². The molecule has 1 rings (SSSR count). The van der Waals surface area contributed by atoms with Crippen LogP contribution in [0.15, 0.2) is 0 Å². The van der Waals surface area contributed by atoms with Crippen molar-refractivity contribution in [3.63, 3.8) is 0 Å². The fourth-order valence-corrected chi connectivity index (χ4v) is 1.36. The van der Waals surface area contributed by atoms with Crippen molar-refractivity contribution >= 4 is 5.97 Å². The van der Waals surface area contributed by atoms with Crippen LogP contribution in [0.25, 0.3) is 0 Å². The fraction of sp³-hybridized carbons (Fsp3) is 0.875. The third kappa shape index (κ3) is 1.49. The molecule has 1 aliphatic rings. The average molecular weight is 142 g/mol. The number of ether oxygens (including phenoxy) is 1. The monoisotopic (exact) mass is 142 g/mol. The SMILES string of the molecule is CCC[C@H]1OC(=O)C[C@@H]1C. The summed E-state index contributed by atoms with van der Waals surface area (Å²) in [6, 6.07) is 0. The van der Waals surface area contributed by atoms with Crippen molar-refractivity contribution in [2.24, 2.45) is 5.92 Å². The first-order chi connectivity index (χ1) is 4.74. The molecule has 0 aromatic rings. The van der Waals surface area contributed by atoms with Crippen molar-refractivity contribution in [3.8, 4) is 0 Å². The molecule has 0 aliphatic carbocycles. The molecule has 10 heavy (non-hydrogen) atoms. The Kier molecular flexibility index (Phi) is 2.30. The van der Waals surface area contributed by atoms with Gasteiger partial charge in [0.1, 0.15) is 6.10 Å². The van der Waals surface area contributed by atoms with Crippen LogP contribution in [0.1, 0.15) is 33.1 Å². The smallest absolute Gasteiger partial charge is 0.306 e. The lowest BCUT2D eigenvalue weighted by atomic mass is 10.0. The summed E-state index contributed by atoms with van der Waals surface area (Å²) in [5, 5.41) is 0. The molecule has 0 N–H and O–H groups in total. The van der Waals surface area contributed by atoms with Gasteiger partial charge in [0.15, 0.2) is 0 Å². The lowest BCUT2D eigenvalue weighted by Crippen LogP contribution is -2.12. The fourth-order valence-electron chi connectivity index (χ4n) is 1.36. The predicted molar refractivity (Wildman–Crippen MR) is 38.6 cm³/mol. The third-order valence-electron chi connectivity index (χ3n) is 1.98. The number of hydrogen-bond donors (Lipinski definition) is 0. The summed E-state index contributed by atoms with van der Waals surface area (Å²) >= 11 is 0. The third-order valence-corrected chi connectivity index (χ3v) is 1.98. The first-order valence-corrected chi connectivity index (χ1v) is 3.93. The quantitative estimate of drug-likeness (QED) is 0.549. The van der Waals surface area contributed by atoms with Crippen molar-refractivity contribution < 1.29 is 9.53 Å². The lowest BCUT2D eigenvalue weighted by Gasteiger charge is -2.10. The highest BCUT2D eigenvalue weighted by atomic mass is 16.5. The van der Waals surface area contributed by atoms with Crippen molar-refractivity contribution in [1.29, 1.82) is 0 Å². The molecule has 2 heteroatoms. The molecule has 2 atom stereocenters. The zero-order valence-corrected chi connectivity index (χ0v) is 6.59. The molecular weight excluding hydrogens is 128 g/mol. The molecule has 0 aromatic carbocycles. The van der Waals surface area contributed by atoms with Crippen LogP contribution in [0.5, 0.6) is 0 Å². The van der Waals surface area contributed by atoms with E-state index in [0.717, 1.165) is 12.8 Å². The van der Waals surface area contributed by atoms with Crippen LogP contribution in [0, 0.1) is 5.92 Å². The van der Waals surface area contributed by atoms with Crippen LogP contribution in [-0.4, -0.2) is 12.1 Å². The molecule has 0 bridgehead atoms. The number of rotatable bonds is 2. The van der Waals surface area contributed by atoms with Gasteiger partial charge >= 0.3 is 5.97 Å². The summed E-state index contributed by atoms with van der Waals surface area (Å²) in [4.78, 5) is 10.7. The van der Waals surface area contributed by atoms with Crippen LogP contribution in [0.3, 0.4) is 0 Å². The van der Waals surface area contributed by atoms with Gasteiger partial charge in [0.05, 0.1) is 6.42 Å². The second kappa shape index (κ2) is 3.04. The molecule has 0 spiro atoms. The normalized spacial score (nSPS) is 32.4. The predicted octanol–water partition coefficient (Wildman–Crippen LogP) is 1.74. The summed E-state index contributed by atoms with van der Waals surface area (Å²) in [7, 11) is 0. The molecule has 0 amide bonds. The Labute approximate surface area is 61.6 Å².